The van der Waals surface area contributed by atoms with E-state index in [1.807, 2.05) is 26.0 Å². The molecule has 4 aliphatic heterocycles. The second kappa shape index (κ2) is 18.4. The van der Waals surface area contributed by atoms with Crippen molar-refractivity contribution in [3.63, 3.8) is 0 Å². The van der Waals surface area contributed by atoms with Crippen LogP contribution in [0.4, 0.5) is 4.39 Å². The summed E-state index contributed by atoms with van der Waals surface area (Å²) in [7, 11) is -1.43. The first-order valence-electron chi connectivity index (χ1n) is 20.2. The zero-order chi connectivity index (χ0) is 42.7. The van der Waals surface area contributed by atoms with E-state index in [9.17, 15) is 42.2 Å². The number of carbonyl (C=O) groups excluding carboxylic acids is 7. The molecule has 2 aromatic rings. The summed E-state index contributed by atoms with van der Waals surface area (Å²) in [6, 6.07) is 4.55. The molecule has 6 amide bonds. The molecule has 9 atom stereocenters. The molecule has 2 aromatic carbocycles. The molecule has 0 bridgehead atoms. The number of rotatable bonds is 7. The third kappa shape index (κ3) is 9.99. The maximum atomic E-state index is 14.8. The summed E-state index contributed by atoms with van der Waals surface area (Å²) in [5.74, 6) is -5.49. The third-order valence-corrected chi connectivity index (χ3v) is 12.9. The Morgan fingerprint density at radius 3 is 2.37 bits per heavy atom. The van der Waals surface area contributed by atoms with Crippen molar-refractivity contribution in [2.75, 3.05) is 31.1 Å². The highest BCUT2D eigenvalue weighted by molar-refractivity contribution is 7.85. The molecule has 6 rings (SSSR count). The first kappa shape index (κ1) is 43.4. The molecule has 318 valence electrons. The highest BCUT2D eigenvalue weighted by Gasteiger charge is 2.48. The van der Waals surface area contributed by atoms with Crippen LogP contribution >= 0.6 is 0 Å². The van der Waals surface area contributed by atoms with Gasteiger partial charge in [0.05, 0.1) is 12.2 Å². The van der Waals surface area contributed by atoms with Crippen LogP contribution in [0.15, 0.2) is 42.5 Å². The van der Waals surface area contributed by atoms with Gasteiger partial charge in [0, 0.05) is 42.6 Å². The number of halogens is 1. The molecule has 3 N–H and O–H groups in total. The summed E-state index contributed by atoms with van der Waals surface area (Å²) >= 11 is 0. The van der Waals surface area contributed by atoms with E-state index in [1.165, 1.54) is 40.7 Å². The molecule has 0 spiro atoms. The third-order valence-electron chi connectivity index (χ3n) is 11.5. The van der Waals surface area contributed by atoms with Gasteiger partial charge < -0.3 is 35.4 Å². The van der Waals surface area contributed by atoms with Crippen molar-refractivity contribution >= 4 is 52.2 Å². The first-order chi connectivity index (χ1) is 28.0. The summed E-state index contributed by atoms with van der Waals surface area (Å²) in [6.07, 6.45) is -0.809. The van der Waals surface area contributed by atoms with Gasteiger partial charge in [-0.1, -0.05) is 48.9 Å². The van der Waals surface area contributed by atoms with Gasteiger partial charge in [0.2, 0.25) is 35.4 Å². The zero-order valence-electron chi connectivity index (χ0n) is 34.0. The molecule has 17 heteroatoms. The van der Waals surface area contributed by atoms with E-state index in [0.717, 1.165) is 5.56 Å². The molecular formula is C42H53FN6O9S. The lowest BCUT2D eigenvalue weighted by Crippen LogP contribution is -2.64. The Morgan fingerprint density at radius 1 is 0.915 bits per heavy atom. The Hall–Kier alpha value is -5.19. The van der Waals surface area contributed by atoms with Crippen LogP contribution in [0, 0.1) is 25.6 Å². The fourth-order valence-electron chi connectivity index (χ4n) is 8.44. The summed E-state index contributed by atoms with van der Waals surface area (Å²) < 4.78 is 33.5. The fraction of sp³-hybridized carbons (Fsp3) is 0.548. The van der Waals surface area contributed by atoms with Gasteiger partial charge in [-0.15, -0.1) is 0 Å². The number of ether oxygens (including phenoxy) is 1. The standard InChI is InChI=1S/C42H53FN6O9S/c1-23-8-6-9-28(16-23)19-31(45-35(50)20-29-12-11-24(2)17-30(29)43)37(51)46-36-27(5)58-42(56)33-18-25(3)21-49(33)39(53)26(4)44-38(52)34-22-59(57)15-14-48(34)40(54)32-10-7-13-47(32)41(36)55/h6,8-9,11-12,16-17,25-27,31-34,36H,7,10,13-15,18-22H2,1-5H3,(H,44,52)(H,45,50)(H,46,51)/t25-,26+,27+,31+,32+,33+,34+,36+,59?/m1/s1. The maximum Gasteiger partial charge on any atom is 0.329 e. The number of nitrogens with zero attached hydrogens (tertiary/aromatic N) is 3. The fourth-order valence-corrected chi connectivity index (χ4v) is 9.69. The molecule has 4 fully saturated rings. The lowest BCUT2D eigenvalue weighted by atomic mass is 10.0. The van der Waals surface area contributed by atoms with Gasteiger partial charge >= 0.3 is 5.97 Å². The Labute approximate surface area is 345 Å². The van der Waals surface area contributed by atoms with E-state index in [2.05, 4.69) is 16.0 Å². The SMILES string of the molecule is Cc1cccc(C[C@H](NC(=O)Cc2ccc(C)cc2F)C(=O)N[C@@H]2C(=O)N3CCC[C@H]3C(=O)N3CCS(=O)C[C@H]3C(=O)N[C@@H](C)C(=O)N3C[C@H](C)C[C@H]3C(=O)O[C@H]2C)c1. The van der Waals surface area contributed by atoms with Crippen molar-refractivity contribution in [1.82, 2.24) is 30.7 Å². The molecular weight excluding hydrogens is 784 g/mol. The molecule has 0 saturated carbocycles. The van der Waals surface area contributed by atoms with Gasteiger partial charge in [0.1, 0.15) is 48.2 Å². The lowest BCUT2D eigenvalue weighted by Gasteiger charge is -2.39. The highest BCUT2D eigenvalue weighted by atomic mass is 32.2. The molecule has 0 aromatic heterocycles. The molecule has 15 nitrogen and oxygen atoms in total. The average Bonchev–Trinajstić information content (AvgIpc) is 3.84. The number of carbonyl (C=O) groups is 7. The highest BCUT2D eigenvalue weighted by Crippen LogP contribution is 2.28. The Kier molecular flexibility index (Phi) is 13.5. The van der Waals surface area contributed by atoms with Gasteiger partial charge in [-0.05, 0) is 75.6 Å². The summed E-state index contributed by atoms with van der Waals surface area (Å²) in [4.78, 5) is 102. The lowest BCUT2D eigenvalue weighted by molar-refractivity contribution is -0.163. The minimum atomic E-state index is -1.56. The van der Waals surface area contributed by atoms with Crippen LogP contribution in [0.2, 0.25) is 0 Å². The van der Waals surface area contributed by atoms with Crippen molar-refractivity contribution in [1.29, 1.82) is 0 Å². The zero-order valence-corrected chi connectivity index (χ0v) is 34.8. The Balaban J connectivity index is 1.34. The van der Waals surface area contributed by atoms with E-state index in [-0.39, 0.29) is 68.3 Å². The predicted molar refractivity (Wildman–Crippen MR) is 214 cm³/mol. The summed E-state index contributed by atoms with van der Waals surface area (Å²) in [6.45, 7) is 8.66. The second-order valence-electron chi connectivity index (χ2n) is 16.3. The second-order valence-corrected chi connectivity index (χ2v) is 18.0. The minimum absolute atomic E-state index is 0.00939. The van der Waals surface area contributed by atoms with E-state index in [4.69, 9.17) is 4.74 Å². The summed E-state index contributed by atoms with van der Waals surface area (Å²) in [5.41, 5.74) is 2.39. The van der Waals surface area contributed by atoms with Gasteiger partial charge in [-0.25, -0.2) is 9.18 Å². The van der Waals surface area contributed by atoms with Crippen molar-refractivity contribution in [2.24, 2.45) is 5.92 Å². The summed E-state index contributed by atoms with van der Waals surface area (Å²) in [5, 5.41) is 8.13. The maximum absolute atomic E-state index is 14.8. The van der Waals surface area contributed by atoms with Crippen LogP contribution < -0.4 is 16.0 Å². The van der Waals surface area contributed by atoms with Crippen LogP contribution in [0.25, 0.3) is 0 Å². The first-order valence-corrected chi connectivity index (χ1v) is 21.7. The van der Waals surface area contributed by atoms with E-state index < -0.39 is 100 Å². The number of esters is 1. The number of cyclic esters (lactones) is 1. The Bertz CT molecular complexity index is 2030. The minimum Gasteiger partial charge on any atom is -0.458 e. The van der Waals surface area contributed by atoms with E-state index >= 15 is 0 Å². The van der Waals surface area contributed by atoms with E-state index in [0.29, 0.717) is 17.5 Å². The number of hydrogen-bond donors (Lipinski definition) is 3. The van der Waals surface area contributed by atoms with E-state index in [1.54, 1.807) is 25.1 Å². The van der Waals surface area contributed by atoms with Crippen LogP contribution in [-0.2, 0) is 61.9 Å². The van der Waals surface area contributed by atoms with Gasteiger partial charge in [0.15, 0.2) is 0 Å². The largest absolute Gasteiger partial charge is 0.458 e. The van der Waals surface area contributed by atoms with Crippen molar-refractivity contribution in [3.05, 3.63) is 70.5 Å². The van der Waals surface area contributed by atoms with Gasteiger partial charge in [-0.2, -0.15) is 0 Å². The predicted octanol–water partition coefficient (Wildman–Crippen LogP) is 0.835. The van der Waals surface area contributed by atoms with Crippen LogP contribution in [0.1, 0.15) is 62.3 Å². The van der Waals surface area contributed by atoms with Gasteiger partial charge in [0.25, 0.3) is 0 Å². The smallest absolute Gasteiger partial charge is 0.329 e. The molecule has 4 heterocycles. The number of amides is 6. The molecule has 1 unspecified atom stereocenters. The average molecular weight is 837 g/mol. The van der Waals surface area contributed by atoms with Crippen molar-refractivity contribution in [3.8, 4) is 0 Å². The monoisotopic (exact) mass is 836 g/mol. The quantitative estimate of drug-likeness (QED) is 0.340. The number of aryl methyl sites for hydroxylation is 2. The van der Waals surface area contributed by atoms with Gasteiger partial charge in [-0.3, -0.25) is 33.0 Å². The normalized spacial score (nSPS) is 28.6. The molecule has 4 saturated heterocycles. The number of benzene rings is 2. The van der Waals surface area contributed by atoms with Crippen LogP contribution in [0.3, 0.4) is 0 Å². The molecule has 59 heavy (non-hydrogen) atoms. The topological polar surface area (TPSA) is 192 Å². The molecule has 0 aliphatic carbocycles. The Morgan fingerprint density at radius 2 is 1.64 bits per heavy atom. The molecule has 0 radical (unpaired) electrons. The molecule has 4 aliphatic rings. The van der Waals surface area contributed by atoms with Crippen molar-refractivity contribution < 1.29 is 46.9 Å². The van der Waals surface area contributed by atoms with Crippen LogP contribution in [-0.4, -0.2) is 134 Å². The number of hydrogen-bond acceptors (Lipinski definition) is 9. The van der Waals surface area contributed by atoms with Crippen LogP contribution in [0.5, 0.6) is 0 Å². The number of fused-ring (bicyclic) bond motifs is 3. The van der Waals surface area contributed by atoms with Crippen molar-refractivity contribution in [2.45, 2.75) is 109 Å². The number of nitrogens with one attached hydrogen (secondary N) is 3.